The lowest BCUT2D eigenvalue weighted by atomic mass is 10.1. The Balaban J connectivity index is 1.63. The topological polar surface area (TPSA) is 64.6 Å². The third-order valence-electron chi connectivity index (χ3n) is 3.82. The van der Waals surface area contributed by atoms with Crippen molar-refractivity contribution in [1.29, 1.82) is 0 Å². The highest BCUT2D eigenvalue weighted by Crippen LogP contribution is 2.36. The average molecular weight is 400 g/mol. The van der Waals surface area contributed by atoms with Gasteiger partial charge in [-0.15, -0.1) is 0 Å². The molecule has 0 aliphatic carbocycles. The van der Waals surface area contributed by atoms with Crippen molar-refractivity contribution in [2.75, 3.05) is 18.5 Å². The molecule has 0 saturated carbocycles. The molecule has 3 rings (SSSR count). The van der Waals surface area contributed by atoms with Gasteiger partial charge in [0.2, 0.25) is 0 Å². The molecule has 0 bridgehead atoms. The van der Waals surface area contributed by atoms with Crippen LogP contribution in [-0.4, -0.2) is 25.1 Å². The lowest BCUT2D eigenvalue weighted by molar-refractivity contribution is -0.137. The molecular weight excluding hydrogens is 387 g/mol. The second kappa shape index (κ2) is 7.48. The number of halogens is 4. The summed E-state index contributed by atoms with van der Waals surface area (Å²) in [7, 11) is 0. The van der Waals surface area contributed by atoms with Crippen LogP contribution >= 0.6 is 11.6 Å². The molecule has 9 heteroatoms. The quantitative estimate of drug-likeness (QED) is 0.786. The lowest BCUT2D eigenvalue weighted by Crippen LogP contribution is -2.22. The molecule has 1 aliphatic heterocycles. The lowest BCUT2D eigenvalue weighted by Gasteiger charge is -2.14. The molecule has 0 radical (unpaired) electrons. The predicted molar refractivity (Wildman–Crippen MR) is 91.0 cm³/mol. The summed E-state index contributed by atoms with van der Waals surface area (Å²) in [5, 5.41) is 1.96. The number of ether oxygens (including phenoxy) is 2. The number of fused-ring (bicyclic) bond motifs is 1. The number of hydrogen-bond acceptors (Lipinski definition) is 4. The molecule has 0 unspecified atom stereocenters. The van der Waals surface area contributed by atoms with E-state index in [0.717, 1.165) is 11.6 Å². The van der Waals surface area contributed by atoms with Crippen molar-refractivity contribution in [2.45, 2.75) is 12.6 Å². The molecule has 1 N–H and O–H groups in total. The number of carbonyl (C=O) groups excluding carboxylic acids is 2. The first-order valence-electron chi connectivity index (χ1n) is 7.83. The number of nitrogens with one attached hydrogen (secondary N) is 1. The Morgan fingerprint density at radius 2 is 1.96 bits per heavy atom. The molecule has 5 nitrogen and oxygen atoms in total. The van der Waals surface area contributed by atoms with Crippen LogP contribution in [0.2, 0.25) is 5.02 Å². The van der Waals surface area contributed by atoms with Crippen LogP contribution in [-0.2, 0) is 22.1 Å². The van der Waals surface area contributed by atoms with E-state index in [-0.39, 0.29) is 10.6 Å². The highest BCUT2D eigenvalue weighted by atomic mass is 35.5. The number of benzene rings is 2. The van der Waals surface area contributed by atoms with Gasteiger partial charge >= 0.3 is 12.1 Å². The largest absolute Gasteiger partial charge is 0.493 e. The minimum atomic E-state index is -4.70. The van der Waals surface area contributed by atoms with Crippen LogP contribution in [0.5, 0.6) is 5.75 Å². The van der Waals surface area contributed by atoms with Crippen LogP contribution in [0.15, 0.2) is 36.4 Å². The van der Waals surface area contributed by atoms with Gasteiger partial charge in [-0.1, -0.05) is 11.6 Å². The minimum absolute atomic E-state index is 0.118. The van der Waals surface area contributed by atoms with Gasteiger partial charge < -0.3 is 14.8 Å². The van der Waals surface area contributed by atoms with Crippen molar-refractivity contribution >= 4 is 29.2 Å². The number of anilines is 1. The zero-order valence-corrected chi connectivity index (χ0v) is 14.5. The fraction of sp³-hybridized carbons (Fsp3) is 0.222. The van der Waals surface area contributed by atoms with Crippen LogP contribution in [0, 0.1) is 0 Å². The van der Waals surface area contributed by atoms with Gasteiger partial charge in [-0.25, -0.2) is 4.79 Å². The van der Waals surface area contributed by atoms with Crippen molar-refractivity contribution < 1.29 is 32.2 Å². The first kappa shape index (κ1) is 19.0. The summed E-state index contributed by atoms with van der Waals surface area (Å²) in [6, 6.07) is 7.67. The molecule has 142 valence electrons. The van der Waals surface area contributed by atoms with E-state index in [4.69, 9.17) is 21.1 Å². The average Bonchev–Trinajstić information content (AvgIpc) is 3.08. The number of alkyl halides is 3. The minimum Gasteiger partial charge on any atom is -0.493 e. The maximum absolute atomic E-state index is 13.0. The van der Waals surface area contributed by atoms with E-state index >= 15 is 0 Å². The third-order valence-corrected chi connectivity index (χ3v) is 4.06. The maximum atomic E-state index is 13.0. The summed E-state index contributed by atoms with van der Waals surface area (Å²) < 4.78 is 49.3. The maximum Gasteiger partial charge on any atom is 0.418 e. The first-order valence-corrected chi connectivity index (χ1v) is 8.21. The summed E-state index contributed by atoms with van der Waals surface area (Å²) in [6.07, 6.45) is -4.04. The summed E-state index contributed by atoms with van der Waals surface area (Å²) in [6.45, 7) is -0.203. The molecule has 2 aromatic rings. The SMILES string of the molecule is O=C(COC(=O)c1ccc2c(c1)CCO2)Nc1ccc(Cl)cc1C(F)(F)F. The van der Waals surface area contributed by atoms with E-state index in [1.807, 2.05) is 0 Å². The van der Waals surface area contributed by atoms with Crippen molar-refractivity contribution in [3.8, 4) is 5.75 Å². The Bertz CT molecular complexity index is 899. The Hall–Kier alpha value is -2.74. The normalized spacial score (nSPS) is 12.9. The van der Waals surface area contributed by atoms with Gasteiger partial charge in [-0.05, 0) is 42.0 Å². The molecule has 0 spiro atoms. The highest BCUT2D eigenvalue weighted by Gasteiger charge is 2.34. The van der Waals surface area contributed by atoms with Crippen molar-refractivity contribution in [2.24, 2.45) is 0 Å². The molecule has 0 fully saturated rings. The Kier molecular flexibility index (Phi) is 5.27. The fourth-order valence-electron chi connectivity index (χ4n) is 2.57. The molecule has 0 saturated heterocycles. The monoisotopic (exact) mass is 399 g/mol. The number of rotatable bonds is 4. The van der Waals surface area contributed by atoms with E-state index in [0.29, 0.717) is 24.8 Å². The van der Waals surface area contributed by atoms with Crippen LogP contribution in [0.4, 0.5) is 18.9 Å². The predicted octanol–water partition coefficient (Wildman–Crippen LogP) is 4.09. The summed E-state index contributed by atoms with van der Waals surface area (Å²) in [4.78, 5) is 23.9. The number of carbonyl (C=O) groups is 2. The Labute approximate surface area is 157 Å². The van der Waals surface area contributed by atoms with Gasteiger partial charge in [0.05, 0.1) is 23.4 Å². The fourth-order valence-corrected chi connectivity index (χ4v) is 2.75. The second-order valence-electron chi connectivity index (χ2n) is 5.73. The van der Waals surface area contributed by atoms with Gasteiger partial charge in [0.1, 0.15) is 5.75 Å². The van der Waals surface area contributed by atoms with Crippen LogP contribution in [0.1, 0.15) is 21.5 Å². The van der Waals surface area contributed by atoms with Crippen molar-refractivity contribution in [1.82, 2.24) is 0 Å². The molecule has 2 aromatic carbocycles. The summed E-state index contributed by atoms with van der Waals surface area (Å²) >= 11 is 5.58. The van der Waals surface area contributed by atoms with E-state index < -0.39 is 35.9 Å². The third kappa shape index (κ3) is 4.51. The highest BCUT2D eigenvalue weighted by molar-refractivity contribution is 6.30. The second-order valence-corrected chi connectivity index (χ2v) is 6.17. The van der Waals surface area contributed by atoms with Crippen LogP contribution < -0.4 is 10.1 Å². The Morgan fingerprint density at radius 3 is 2.70 bits per heavy atom. The molecule has 0 aromatic heterocycles. The molecule has 0 atom stereocenters. The summed E-state index contributed by atoms with van der Waals surface area (Å²) in [5.41, 5.74) is -0.477. The Morgan fingerprint density at radius 1 is 1.19 bits per heavy atom. The summed E-state index contributed by atoms with van der Waals surface area (Å²) in [5.74, 6) is -0.973. The number of esters is 1. The van der Waals surface area contributed by atoms with Gasteiger partial charge in [0.15, 0.2) is 6.61 Å². The zero-order chi connectivity index (χ0) is 19.6. The van der Waals surface area contributed by atoms with E-state index in [9.17, 15) is 22.8 Å². The molecule has 1 aliphatic rings. The van der Waals surface area contributed by atoms with Crippen LogP contribution in [0.25, 0.3) is 0 Å². The van der Waals surface area contributed by atoms with Crippen molar-refractivity contribution in [3.63, 3.8) is 0 Å². The molecular formula is C18H13ClF3NO4. The standard InChI is InChI=1S/C18H13ClF3NO4/c19-12-2-3-14(13(8-12)18(20,21)22)23-16(24)9-27-17(25)11-1-4-15-10(7-11)5-6-26-15/h1-4,7-8H,5-6,9H2,(H,23,24). The smallest absolute Gasteiger partial charge is 0.418 e. The number of amides is 1. The van der Waals surface area contributed by atoms with E-state index in [1.165, 1.54) is 12.1 Å². The molecule has 1 heterocycles. The first-order chi connectivity index (χ1) is 12.7. The van der Waals surface area contributed by atoms with E-state index in [1.54, 1.807) is 12.1 Å². The molecule has 1 amide bonds. The van der Waals surface area contributed by atoms with E-state index in [2.05, 4.69) is 5.32 Å². The van der Waals surface area contributed by atoms with Gasteiger partial charge in [0.25, 0.3) is 5.91 Å². The van der Waals surface area contributed by atoms with Gasteiger partial charge in [0, 0.05) is 11.4 Å². The van der Waals surface area contributed by atoms with Gasteiger partial charge in [-0.3, -0.25) is 4.79 Å². The van der Waals surface area contributed by atoms with Crippen molar-refractivity contribution in [3.05, 3.63) is 58.1 Å². The zero-order valence-electron chi connectivity index (χ0n) is 13.7. The van der Waals surface area contributed by atoms with Gasteiger partial charge in [-0.2, -0.15) is 13.2 Å². The molecule has 27 heavy (non-hydrogen) atoms. The van der Waals surface area contributed by atoms with Crippen LogP contribution in [0.3, 0.4) is 0 Å². The number of hydrogen-bond donors (Lipinski definition) is 1.